The number of hydrogen-bond donors (Lipinski definition) is 1. The maximum Gasteiger partial charge on any atom is 0.238 e. The van der Waals surface area contributed by atoms with Gasteiger partial charge in [-0.1, -0.05) is 0 Å². The second kappa shape index (κ2) is 10.0. The number of ketones is 1. The highest BCUT2D eigenvalue weighted by atomic mass is 32.2. The van der Waals surface area contributed by atoms with Crippen molar-refractivity contribution in [3.63, 3.8) is 0 Å². The van der Waals surface area contributed by atoms with Gasteiger partial charge in [0.15, 0.2) is 5.78 Å². The molecular weight excluding hydrogens is 462 g/mol. The van der Waals surface area contributed by atoms with Gasteiger partial charge in [0.05, 0.1) is 23.1 Å². The molecule has 1 saturated heterocycles. The lowest BCUT2D eigenvalue weighted by atomic mass is 10.1. The van der Waals surface area contributed by atoms with E-state index in [1.807, 2.05) is 48.7 Å². The van der Waals surface area contributed by atoms with Crippen LogP contribution in [0.5, 0.6) is 0 Å². The second-order valence-corrected chi connectivity index (χ2v) is 10.4. The number of carbonyl (C=O) groups excluding carboxylic acids is 1. The highest BCUT2D eigenvalue weighted by Gasteiger charge is 2.22. The molecule has 1 fully saturated rings. The summed E-state index contributed by atoms with van der Waals surface area (Å²) in [7, 11) is -3.76. The summed E-state index contributed by atoms with van der Waals surface area (Å²) in [6.45, 7) is 7.51. The monoisotopic (exact) mass is 491 g/mol. The van der Waals surface area contributed by atoms with Crippen molar-refractivity contribution in [3.8, 4) is 11.8 Å². The molecule has 2 aromatic carbocycles. The van der Waals surface area contributed by atoms with Crippen LogP contribution in [0.25, 0.3) is 5.69 Å². The third kappa shape index (κ3) is 5.46. The smallest absolute Gasteiger partial charge is 0.238 e. The number of rotatable bonds is 6. The van der Waals surface area contributed by atoms with E-state index in [4.69, 9.17) is 10.4 Å². The van der Waals surface area contributed by atoms with Gasteiger partial charge in [-0.05, 0) is 74.9 Å². The molecule has 4 rings (SSSR count). The molecule has 2 heterocycles. The molecule has 35 heavy (non-hydrogen) atoms. The van der Waals surface area contributed by atoms with Gasteiger partial charge in [-0.2, -0.15) is 5.26 Å². The highest BCUT2D eigenvalue weighted by molar-refractivity contribution is 7.89. The van der Waals surface area contributed by atoms with Crippen molar-refractivity contribution in [2.75, 3.05) is 37.6 Å². The number of nitrogens with two attached hydrogens (primary N) is 1. The van der Waals surface area contributed by atoms with Crippen molar-refractivity contribution in [2.45, 2.75) is 25.2 Å². The van der Waals surface area contributed by atoms with E-state index in [9.17, 15) is 13.2 Å². The van der Waals surface area contributed by atoms with Gasteiger partial charge in [0.1, 0.15) is 0 Å². The molecule has 1 aromatic heterocycles. The molecule has 0 radical (unpaired) electrons. The zero-order valence-electron chi connectivity index (χ0n) is 19.9. The van der Waals surface area contributed by atoms with Gasteiger partial charge in [-0.15, -0.1) is 0 Å². The Morgan fingerprint density at radius 3 is 2.26 bits per heavy atom. The van der Waals surface area contributed by atoms with Crippen LogP contribution in [-0.4, -0.2) is 56.4 Å². The third-order valence-corrected chi connectivity index (χ3v) is 7.40. The summed E-state index contributed by atoms with van der Waals surface area (Å²) in [4.78, 5) is 17.8. The summed E-state index contributed by atoms with van der Waals surface area (Å²) in [6, 6.07) is 18.0. The number of hydrogen-bond acceptors (Lipinski definition) is 6. The van der Waals surface area contributed by atoms with Crippen LogP contribution in [0.15, 0.2) is 59.5 Å². The number of nitrogens with zero attached hydrogens (tertiary/aromatic N) is 4. The summed E-state index contributed by atoms with van der Waals surface area (Å²) in [6.07, 6.45) is 0.947. The van der Waals surface area contributed by atoms with E-state index < -0.39 is 10.0 Å². The Morgan fingerprint density at radius 1 is 0.971 bits per heavy atom. The number of carbonyl (C=O) groups is 1. The zero-order valence-corrected chi connectivity index (χ0v) is 20.8. The van der Waals surface area contributed by atoms with Gasteiger partial charge in [0.2, 0.25) is 10.0 Å². The fourth-order valence-electron chi connectivity index (χ4n) is 4.65. The Balaban J connectivity index is 1.45. The van der Waals surface area contributed by atoms with E-state index in [2.05, 4.69) is 15.9 Å². The number of anilines is 1. The Labute approximate surface area is 206 Å². The van der Waals surface area contributed by atoms with Gasteiger partial charge < -0.3 is 9.47 Å². The Bertz CT molecular complexity index is 1370. The van der Waals surface area contributed by atoms with Gasteiger partial charge in [-0.3, -0.25) is 9.69 Å². The molecule has 1 aliphatic heterocycles. The molecule has 8 nitrogen and oxygen atoms in total. The maximum absolute atomic E-state index is 13.3. The Hall–Kier alpha value is -3.45. The average molecular weight is 492 g/mol. The molecule has 182 valence electrons. The number of sulfonamides is 1. The fraction of sp³-hybridized carbons (Fsp3) is 0.308. The maximum atomic E-state index is 13.3. The van der Waals surface area contributed by atoms with Crippen LogP contribution >= 0.6 is 0 Å². The highest BCUT2D eigenvalue weighted by Crippen LogP contribution is 2.23. The van der Waals surface area contributed by atoms with E-state index in [0.29, 0.717) is 17.7 Å². The van der Waals surface area contributed by atoms with E-state index in [0.717, 1.165) is 55.4 Å². The average Bonchev–Trinajstić information content (AvgIpc) is 2.98. The molecule has 0 saturated carbocycles. The zero-order chi connectivity index (χ0) is 25.2. The summed E-state index contributed by atoms with van der Waals surface area (Å²) in [5, 5.41) is 14.2. The number of aryl methyl sites for hydroxylation is 1. The SMILES string of the molecule is Cc1cc(C(=O)CN2CCCN(c3ccc(C#N)cc3)CC2)c(C)n1-c1ccc(S(N)(=O)=O)cc1. The first-order valence-corrected chi connectivity index (χ1v) is 13.0. The number of Topliss-reactive ketones (excluding diaryl/α,β-unsaturated/α-hetero) is 1. The first-order chi connectivity index (χ1) is 16.7. The van der Waals surface area contributed by atoms with Crippen molar-refractivity contribution < 1.29 is 13.2 Å². The normalized spacial score (nSPS) is 15.0. The summed E-state index contributed by atoms with van der Waals surface area (Å²) < 4.78 is 25.1. The molecular formula is C26H29N5O3S. The first-order valence-electron chi connectivity index (χ1n) is 11.5. The van der Waals surface area contributed by atoms with Crippen LogP contribution in [0.2, 0.25) is 0 Å². The Morgan fingerprint density at radius 2 is 1.63 bits per heavy atom. The molecule has 9 heteroatoms. The number of benzene rings is 2. The lowest BCUT2D eigenvalue weighted by Gasteiger charge is -2.23. The molecule has 3 aromatic rings. The molecule has 1 aliphatic rings. The summed E-state index contributed by atoms with van der Waals surface area (Å²) in [5.41, 5.74) is 4.91. The van der Waals surface area contributed by atoms with E-state index in [1.165, 1.54) is 12.1 Å². The molecule has 0 atom stereocenters. The van der Waals surface area contributed by atoms with Crippen molar-refractivity contribution >= 4 is 21.5 Å². The third-order valence-electron chi connectivity index (χ3n) is 6.47. The fourth-order valence-corrected chi connectivity index (χ4v) is 5.17. The Kier molecular flexibility index (Phi) is 7.08. The number of primary sulfonamides is 1. The van der Waals surface area contributed by atoms with E-state index >= 15 is 0 Å². The minimum Gasteiger partial charge on any atom is -0.370 e. The molecule has 2 N–H and O–H groups in total. The van der Waals surface area contributed by atoms with E-state index in [1.54, 1.807) is 12.1 Å². The summed E-state index contributed by atoms with van der Waals surface area (Å²) >= 11 is 0. The van der Waals surface area contributed by atoms with Gasteiger partial charge in [0.25, 0.3) is 0 Å². The second-order valence-electron chi connectivity index (χ2n) is 8.86. The van der Waals surface area contributed by atoms with Crippen LogP contribution in [0.1, 0.15) is 33.7 Å². The quantitative estimate of drug-likeness (QED) is 0.531. The van der Waals surface area contributed by atoms with Crippen LogP contribution in [0, 0.1) is 25.2 Å². The minimum atomic E-state index is -3.76. The number of nitriles is 1. The van der Waals surface area contributed by atoms with Crippen LogP contribution < -0.4 is 10.0 Å². The van der Waals surface area contributed by atoms with Gasteiger partial charge in [0, 0.05) is 54.5 Å². The first kappa shape index (κ1) is 24.7. The number of aromatic nitrogens is 1. The van der Waals surface area contributed by atoms with Crippen molar-refractivity contribution in [3.05, 3.63) is 77.1 Å². The molecule has 0 unspecified atom stereocenters. The molecule has 0 bridgehead atoms. The lowest BCUT2D eigenvalue weighted by molar-refractivity contribution is 0.0934. The topological polar surface area (TPSA) is 112 Å². The van der Waals surface area contributed by atoms with Crippen molar-refractivity contribution in [2.24, 2.45) is 5.14 Å². The van der Waals surface area contributed by atoms with Crippen molar-refractivity contribution in [1.82, 2.24) is 9.47 Å². The summed E-state index contributed by atoms with van der Waals surface area (Å²) in [5.74, 6) is 0.0670. The van der Waals surface area contributed by atoms with Crippen molar-refractivity contribution in [1.29, 1.82) is 5.26 Å². The predicted octanol–water partition coefficient (Wildman–Crippen LogP) is 3.01. The van der Waals surface area contributed by atoms with Gasteiger partial charge >= 0.3 is 0 Å². The molecule has 0 aliphatic carbocycles. The van der Waals surface area contributed by atoms with Crippen LogP contribution in [0.4, 0.5) is 5.69 Å². The standard InChI is InChI=1S/C26H29N5O3S/c1-19-16-25(20(2)31(19)23-8-10-24(11-9-23)35(28,33)34)26(32)18-29-12-3-13-30(15-14-29)22-6-4-21(17-27)5-7-22/h4-11,16H,3,12-15,18H2,1-2H3,(H2,28,33,34). The van der Waals surface area contributed by atoms with Gasteiger partial charge in [-0.25, -0.2) is 13.6 Å². The lowest BCUT2D eigenvalue weighted by Crippen LogP contribution is -2.34. The predicted molar refractivity (Wildman–Crippen MR) is 135 cm³/mol. The minimum absolute atomic E-state index is 0.0521. The molecule has 0 spiro atoms. The van der Waals surface area contributed by atoms with Crippen LogP contribution in [-0.2, 0) is 10.0 Å². The molecule has 0 amide bonds. The van der Waals surface area contributed by atoms with E-state index in [-0.39, 0.29) is 10.7 Å². The largest absolute Gasteiger partial charge is 0.370 e. The van der Waals surface area contributed by atoms with Crippen LogP contribution in [0.3, 0.4) is 0 Å².